The Bertz CT molecular complexity index is 1270. The van der Waals surface area contributed by atoms with E-state index in [0.29, 0.717) is 27.3 Å². The van der Waals surface area contributed by atoms with E-state index in [0.717, 1.165) is 0 Å². The number of carbonyl (C=O) groups excluding carboxylic acids is 1. The van der Waals surface area contributed by atoms with Gasteiger partial charge in [0.25, 0.3) is 5.91 Å². The maximum atomic E-state index is 12.9. The lowest BCUT2D eigenvalue weighted by Gasteiger charge is -2.09. The molecule has 0 spiro atoms. The van der Waals surface area contributed by atoms with Crippen LogP contribution >= 0.6 is 11.3 Å². The molecule has 10 heteroatoms. The monoisotopic (exact) mass is 433 g/mol. The van der Waals surface area contributed by atoms with Crippen LogP contribution in [0.25, 0.3) is 10.2 Å². The summed E-state index contributed by atoms with van der Waals surface area (Å²) in [6, 6.07) is 9.46. The molecule has 2 aromatic carbocycles. The molecule has 0 atom stereocenters. The van der Waals surface area contributed by atoms with Gasteiger partial charge in [-0.3, -0.25) is 4.79 Å². The second kappa shape index (κ2) is 8.19. The molecule has 0 aliphatic heterocycles. The van der Waals surface area contributed by atoms with E-state index in [1.54, 1.807) is 34.9 Å². The number of para-hydroxylation sites is 1. The number of nitrogens with two attached hydrogens (primary N) is 1. The van der Waals surface area contributed by atoms with E-state index in [-0.39, 0.29) is 16.2 Å². The highest BCUT2D eigenvalue weighted by atomic mass is 32.2. The standard InChI is InChI=1S/C19H19N3O5S2/c1-4-10-22-14-9-8-12(29(20,24)25)11-16(14)28-19(22)21-18(23)13-6-5-7-15(26-2)17(13)27-3/h4-9,11H,1,10H2,2-3H3,(H2,20,24,25). The van der Waals surface area contributed by atoms with Gasteiger partial charge in [0.15, 0.2) is 16.3 Å². The van der Waals surface area contributed by atoms with Crippen molar-refractivity contribution in [1.82, 2.24) is 4.57 Å². The fraction of sp³-hybridized carbons (Fsp3) is 0.158. The number of allylic oxidation sites excluding steroid dienone is 1. The predicted octanol–water partition coefficient (Wildman–Crippen LogP) is 2.29. The number of carbonyl (C=O) groups is 1. The number of amides is 1. The summed E-state index contributed by atoms with van der Waals surface area (Å²) in [6.45, 7) is 4.12. The van der Waals surface area contributed by atoms with Crippen LogP contribution in [0.3, 0.4) is 0 Å². The van der Waals surface area contributed by atoms with Crippen LogP contribution in [0.1, 0.15) is 10.4 Å². The Hall–Kier alpha value is -2.95. The largest absolute Gasteiger partial charge is 0.493 e. The quantitative estimate of drug-likeness (QED) is 0.599. The Balaban J connectivity index is 2.20. The van der Waals surface area contributed by atoms with Gasteiger partial charge in [0.1, 0.15) is 0 Å². The van der Waals surface area contributed by atoms with Crippen LogP contribution in [-0.2, 0) is 16.6 Å². The molecule has 0 aliphatic carbocycles. The van der Waals surface area contributed by atoms with E-state index in [1.807, 2.05) is 0 Å². The molecule has 152 valence electrons. The summed E-state index contributed by atoms with van der Waals surface area (Å²) in [5.41, 5.74) is 0.964. The summed E-state index contributed by atoms with van der Waals surface area (Å²) in [6.07, 6.45) is 1.66. The smallest absolute Gasteiger partial charge is 0.283 e. The molecule has 8 nitrogen and oxygen atoms in total. The SMILES string of the molecule is C=CCn1c(=NC(=O)c2cccc(OC)c2OC)sc2cc(S(N)(=O)=O)ccc21. The lowest BCUT2D eigenvalue weighted by Crippen LogP contribution is -2.16. The van der Waals surface area contributed by atoms with Crippen LogP contribution in [0.5, 0.6) is 11.5 Å². The number of hydrogen-bond donors (Lipinski definition) is 1. The number of thiazole rings is 1. The van der Waals surface area contributed by atoms with Gasteiger partial charge in [-0.1, -0.05) is 23.5 Å². The first kappa shape index (κ1) is 20.8. The number of sulfonamides is 1. The average Bonchev–Trinajstić information content (AvgIpc) is 3.03. The zero-order chi connectivity index (χ0) is 21.2. The summed E-state index contributed by atoms with van der Waals surface area (Å²) < 4.78 is 36.2. The third-order valence-corrected chi connectivity index (χ3v) is 6.08. The minimum absolute atomic E-state index is 0.00987. The topological polar surface area (TPSA) is 113 Å². The Morgan fingerprint density at radius 2 is 2.03 bits per heavy atom. The lowest BCUT2D eigenvalue weighted by molar-refractivity contribution is 0.0994. The Morgan fingerprint density at radius 3 is 2.66 bits per heavy atom. The van der Waals surface area contributed by atoms with E-state index in [9.17, 15) is 13.2 Å². The predicted molar refractivity (Wildman–Crippen MR) is 111 cm³/mol. The molecule has 3 aromatic rings. The van der Waals surface area contributed by atoms with Crippen molar-refractivity contribution in [2.24, 2.45) is 10.1 Å². The number of methoxy groups -OCH3 is 2. The maximum Gasteiger partial charge on any atom is 0.283 e. The molecule has 1 amide bonds. The highest BCUT2D eigenvalue weighted by Crippen LogP contribution is 2.31. The molecule has 0 unspecified atom stereocenters. The number of rotatable bonds is 6. The van der Waals surface area contributed by atoms with Gasteiger partial charge in [-0.25, -0.2) is 13.6 Å². The molecule has 0 saturated heterocycles. The molecule has 3 rings (SSSR count). The normalized spacial score (nSPS) is 12.2. The van der Waals surface area contributed by atoms with Crippen LogP contribution < -0.4 is 19.4 Å². The minimum Gasteiger partial charge on any atom is -0.493 e. The van der Waals surface area contributed by atoms with Gasteiger partial charge in [0, 0.05) is 6.54 Å². The molecule has 29 heavy (non-hydrogen) atoms. The van der Waals surface area contributed by atoms with E-state index in [1.165, 1.54) is 37.7 Å². The maximum absolute atomic E-state index is 12.9. The lowest BCUT2D eigenvalue weighted by atomic mass is 10.2. The van der Waals surface area contributed by atoms with Gasteiger partial charge in [-0.15, -0.1) is 6.58 Å². The summed E-state index contributed by atoms with van der Waals surface area (Å²) >= 11 is 1.18. The second-order valence-corrected chi connectivity index (χ2v) is 8.49. The fourth-order valence-electron chi connectivity index (χ4n) is 2.82. The van der Waals surface area contributed by atoms with Crippen LogP contribution in [0.15, 0.2) is 58.9 Å². The summed E-state index contributed by atoms with van der Waals surface area (Å²) in [7, 11) is -0.916. The average molecular weight is 434 g/mol. The molecule has 0 radical (unpaired) electrons. The Morgan fingerprint density at radius 1 is 1.28 bits per heavy atom. The molecule has 0 fully saturated rings. The second-order valence-electron chi connectivity index (χ2n) is 5.92. The third kappa shape index (κ3) is 4.09. The number of ether oxygens (including phenoxy) is 2. The zero-order valence-electron chi connectivity index (χ0n) is 15.8. The third-order valence-electron chi connectivity index (χ3n) is 4.12. The number of fused-ring (bicyclic) bond motifs is 1. The molecule has 1 aromatic heterocycles. The van der Waals surface area contributed by atoms with Gasteiger partial charge in [0.05, 0.1) is 34.9 Å². The van der Waals surface area contributed by atoms with Crippen molar-refractivity contribution in [3.8, 4) is 11.5 Å². The number of aromatic nitrogens is 1. The van der Waals surface area contributed by atoms with Crippen molar-refractivity contribution >= 4 is 37.5 Å². The van der Waals surface area contributed by atoms with Crippen molar-refractivity contribution in [2.75, 3.05) is 14.2 Å². The molecule has 0 saturated carbocycles. The minimum atomic E-state index is -3.84. The Kier molecular flexibility index (Phi) is 5.87. The number of hydrogen-bond acceptors (Lipinski definition) is 6. The summed E-state index contributed by atoms with van der Waals surface area (Å²) in [5, 5.41) is 5.22. The van der Waals surface area contributed by atoms with Gasteiger partial charge < -0.3 is 14.0 Å². The van der Waals surface area contributed by atoms with Crippen LogP contribution in [0, 0.1) is 0 Å². The van der Waals surface area contributed by atoms with Crippen LogP contribution in [0.2, 0.25) is 0 Å². The zero-order valence-corrected chi connectivity index (χ0v) is 17.4. The van der Waals surface area contributed by atoms with Crippen molar-refractivity contribution in [3.05, 3.63) is 59.4 Å². The van der Waals surface area contributed by atoms with Crippen LogP contribution in [-0.4, -0.2) is 33.1 Å². The van der Waals surface area contributed by atoms with Crippen molar-refractivity contribution in [2.45, 2.75) is 11.4 Å². The van der Waals surface area contributed by atoms with Gasteiger partial charge >= 0.3 is 0 Å². The van der Waals surface area contributed by atoms with Gasteiger partial charge in [0.2, 0.25) is 10.0 Å². The van der Waals surface area contributed by atoms with Gasteiger partial charge in [-0.2, -0.15) is 4.99 Å². The Labute approximate surface area is 171 Å². The van der Waals surface area contributed by atoms with E-state index >= 15 is 0 Å². The highest BCUT2D eigenvalue weighted by Gasteiger charge is 2.17. The highest BCUT2D eigenvalue weighted by molar-refractivity contribution is 7.89. The summed E-state index contributed by atoms with van der Waals surface area (Å²) in [4.78, 5) is 17.5. The van der Waals surface area contributed by atoms with E-state index in [2.05, 4.69) is 11.6 Å². The number of benzene rings is 2. The molecule has 0 bridgehead atoms. The van der Waals surface area contributed by atoms with E-state index in [4.69, 9.17) is 14.6 Å². The number of primary sulfonamides is 1. The molecular formula is C19H19N3O5S2. The van der Waals surface area contributed by atoms with Crippen LogP contribution in [0.4, 0.5) is 0 Å². The first-order chi connectivity index (χ1) is 13.8. The van der Waals surface area contributed by atoms with E-state index < -0.39 is 15.9 Å². The molecule has 1 heterocycles. The van der Waals surface area contributed by atoms with Gasteiger partial charge in [-0.05, 0) is 30.3 Å². The first-order valence-electron chi connectivity index (χ1n) is 8.37. The number of nitrogens with zero attached hydrogens (tertiary/aromatic N) is 2. The van der Waals surface area contributed by atoms with Crippen molar-refractivity contribution in [1.29, 1.82) is 0 Å². The van der Waals surface area contributed by atoms with Crippen molar-refractivity contribution in [3.63, 3.8) is 0 Å². The first-order valence-corrected chi connectivity index (χ1v) is 10.7. The van der Waals surface area contributed by atoms with Crippen molar-refractivity contribution < 1.29 is 22.7 Å². The molecule has 2 N–H and O–H groups in total. The molecule has 0 aliphatic rings. The molecular weight excluding hydrogens is 414 g/mol. The summed E-state index contributed by atoms with van der Waals surface area (Å²) in [5.74, 6) is 0.190. The fourth-order valence-corrected chi connectivity index (χ4v) is 4.52.